The molecule has 3 nitrogen and oxygen atoms in total. The van der Waals surface area contributed by atoms with Gasteiger partial charge in [0.2, 0.25) is 0 Å². The molecular formula is C12H22O3. The quantitative estimate of drug-likeness (QED) is 0.692. The highest BCUT2D eigenvalue weighted by Gasteiger charge is 2.38. The summed E-state index contributed by atoms with van der Waals surface area (Å²) in [4.78, 5) is 23.1. The number of ketones is 1. The van der Waals surface area contributed by atoms with Crippen molar-refractivity contribution in [3.05, 3.63) is 0 Å². The van der Waals surface area contributed by atoms with E-state index in [0.29, 0.717) is 12.8 Å². The first-order valence-electron chi connectivity index (χ1n) is 5.55. The van der Waals surface area contributed by atoms with Crippen molar-refractivity contribution in [2.45, 2.75) is 47.5 Å². The topological polar surface area (TPSA) is 54.4 Å². The van der Waals surface area contributed by atoms with Crippen LogP contribution in [0.3, 0.4) is 0 Å². The Morgan fingerprint density at radius 3 is 2.00 bits per heavy atom. The molecule has 0 radical (unpaired) electrons. The molecule has 15 heavy (non-hydrogen) atoms. The van der Waals surface area contributed by atoms with Gasteiger partial charge in [0.15, 0.2) is 5.78 Å². The fourth-order valence-electron chi connectivity index (χ4n) is 1.44. The van der Waals surface area contributed by atoms with Crippen LogP contribution in [-0.4, -0.2) is 16.9 Å². The van der Waals surface area contributed by atoms with Crippen LogP contribution in [0.5, 0.6) is 0 Å². The van der Waals surface area contributed by atoms with E-state index in [2.05, 4.69) is 0 Å². The summed E-state index contributed by atoms with van der Waals surface area (Å²) in [5.41, 5.74) is -0.535. The minimum atomic E-state index is -0.990. The Bertz CT molecular complexity index is 243. The molecule has 0 saturated heterocycles. The number of carboxylic acids is 1. The lowest BCUT2D eigenvalue weighted by atomic mass is 9.74. The van der Waals surface area contributed by atoms with Crippen LogP contribution in [0, 0.1) is 17.3 Å². The molecule has 3 heteroatoms. The number of carboxylic acid groups (broad SMARTS) is 1. The van der Waals surface area contributed by atoms with E-state index in [1.807, 2.05) is 34.6 Å². The summed E-state index contributed by atoms with van der Waals surface area (Å²) >= 11 is 0. The van der Waals surface area contributed by atoms with Crippen molar-refractivity contribution in [2.24, 2.45) is 17.3 Å². The minimum absolute atomic E-state index is 0.0965. The van der Waals surface area contributed by atoms with Crippen LogP contribution in [0.25, 0.3) is 0 Å². The Morgan fingerprint density at radius 2 is 1.73 bits per heavy atom. The zero-order chi connectivity index (χ0) is 12.2. The second-order valence-electron chi connectivity index (χ2n) is 4.80. The Hall–Kier alpha value is -0.860. The highest BCUT2D eigenvalue weighted by atomic mass is 16.4. The average molecular weight is 214 g/mol. The summed E-state index contributed by atoms with van der Waals surface area (Å²) in [5, 5.41) is 9.08. The molecule has 0 aromatic rings. The van der Waals surface area contributed by atoms with Gasteiger partial charge in [-0.2, -0.15) is 0 Å². The molecule has 1 N–H and O–H groups in total. The summed E-state index contributed by atoms with van der Waals surface area (Å²) in [6, 6.07) is 0. The molecule has 0 aromatic carbocycles. The van der Waals surface area contributed by atoms with Gasteiger partial charge in [-0.1, -0.05) is 41.0 Å². The van der Waals surface area contributed by atoms with Crippen molar-refractivity contribution in [1.29, 1.82) is 0 Å². The molecule has 0 aliphatic carbocycles. The zero-order valence-electron chi connectivity index (χ0n) is 10.3. The van der Waals surface area contributed by atoms with Gasteiger partial charge < -0.3 is 5.11 Å². The number of hydrogen-bond donors (Lipinski definition) is 1. The Kier molecular flexibility index (Phi) is 4.98. The van der Waals surface area contributed by atoms with Crippen molar-refractivity contribution in [3.63, 3.8) is 0 Å². The van der Waals surface area contributed by atoms with Gasteiger partial charge in [0.05, 0.1) is 0 Å². The highest BCUT2D eigenvalue weighted by molar-refractivity contribution is 6.01. The maximum Gasteiger partial charge on any atom is 0.314 e. The molecule has 0 saturated carbocycles. The Morgan fingerprint density at radius 1 is 1.27 bits per heavy atom. The maximum atomic E-state index is 12.1. The van der Waals surface area contributed by atoms with Crippen molar-refractivity contribution in [2.75, 3.05) is 0 Å². The monoisotopic (exact) mass is 214 g/mol. The van der Waals surface area contributed by atoms with Crippen molar-refractivity contribution in [1.82, 2.24) is 0 Å². The van der Waals surface area contributed by atoms with Crippen molar-refractivity contribution in [3.8, 4) is 0 Å². The van der Waals surface area contributed by atoms with Gasteiger partial charge in [0.1, 0.15) is 5.92 Å². The molecule has 0 fully saturated rings. The van der Waals surface area contributed by atoms with Crippen LogP contribution < -0.4 is 0 Å². The fraction of sp³-hybridized carbons (Fsp3) is 0.833. The van der Waals surface area contributed by atoms with Crippen LogP contribution in [-0.2, 0) is 9.59 Å². The van der Waals surface area contributed by atoms with Crippen LogP contribution in [0.2, 0.25) is 0 Å². The molecule has 0 aliphatic rings. The maximum absolute atomic E-state index is 12.1. The average Bonchev–Trinajstić information content (AvgIpc) is 2.16. The third-order valence-corrected chi connectivity index (χ3v) is 3.31. The smallest absolute Gasteiger partial charge is 0.314 e. The van der Waals surface area contributed by atoms with Crippen molar-refractivity contribution < 1.29 is 14.7 Å². The predicted octanol–water partition coefficient (Wildman–Crippen LogP) is 2.74. The molecule has 0 amide bonds. The Balaban J connectivity index is 4.95. The summed E-state index contributed by atoms with van der Waals surface area (Å²) in [6.07, 6.45) is 1.38. The lowest BCUT2D eigenvalue weighted by Gasteiger charge is -2.27. The highest BCUT2D eigenvalue weighted by Crippen LogP contribution is 2.29. The van der Waals surface area contributed by atoms with Crippen LogP contribution in [0.1, 0.15) is 47.5 Å². The first-order valence-corrected chi connectivity index (χ1v) is 5.55. The first kappa shape index (κ1) is 14.1. The van der Waals surface area contributed by atoms with E-state index in [1.165, 1.54) is 0 Å². The summed E-state index contributed by atoms with van der Waals surface area (Å²) in [5.74, 6) is -2.09. The number of carbonyl (C=O) groups excluding carboxylic acids is 1. The number of aliphatic carboxylic acids is 1. The summed E-state index contributed by atoms with van der Waals surface area (Å²) in [7, 11) is 0. The lowest BCUT2D eigenvalue weighted by molar-refractivity contribution is -0.151. The van der Waals surface area contributed by atoms with E-state index < -0.39 is 17.3 Å². The normalized spacial score (nSPS) is 15.8. The second kappa shape index (κ2) is 5.29. The summed E-state index contributed by atoms with van der Waals surface area (Å²) in [6.45, 7) is 9.27. The molecule has 88 valence electrons. The van der Waals surface area contributed by atoms with Crippen molar-refractivity contribution >= 4 is 11.8 Å². The minimum Gasteiger partial charge on any atom is -0.481 e. The summed E-state index contributed by atoms with van der Waals surface area (Å²) < 4.78 is 0. The molecule has 0 aliphatic heterocycles. The van der Waals surface area contributed by atoms with E-state index in [4.69, 9.17) is 5.11 Å². The van der Waals surface area contributed by atoms with E-state index in [0.717, 1.165) is 0 Å². The Labute approximate surface area is 91.9 Å². The van der Waals surface area contributed by atoms with Crippen LogP contribution >= 0.6 is 0 Å². The van der Waals surface area contributed by atoms with Gasteiger partial charge in [-0.25, -0.2) is 0 Å². The molecule has 2 unspecified atom stereocenters. The van der Waals surface area contributed by atoms with Crippen LogP contribution in [0.4, 0.5) is 0 Å². The van der Waals surface area contributed by atoms with E-state index in [-0.39, 0.29) is 11.7 Å². The second-order valence-corrected chi connectivity index (χ2v) is 4.80. The third-order valence-electron chi connectivity index (χ3n) is 3.31. The molecule has 0 rings (SSSR count). The van der Waals surface area contributed by atoms with Gasteiger partial charge in [-0.15, -0.1) is 0 Å². The molecule has 0 bridgehead atoms. The third kappa shape index (κ3) is 3.33. The van der Waals surface area contributed by atoms with E-state index in [1.54, 1.807) is 0 Å². The molecule has 0 aromatic heterocycles. The number of hydrogen-bond acceptors (Lipinski definition) is 2. The molecule has 0 heterocycles. The van der Waals surface area contributed by atoms with Crippen LogP contribution in [0.15, 0.2) is 0 Å². The standard InChI is InChI=1S/C12H22O3/c1-6-8(3)9(11(14)15)10(13)12(4,5)7-2/h8-9H,6-7H2,1-5H3,(H,14,15). The molecular weight excluding hydrogens is 192 g/mol. The number of carbonyl (C=O) groups is 2. The van der Waals surface area contributed by atoms with Gasteiger partial charge in [0.25, 0.3) is 0 Å². The zero-order valence-corrected chi connectivity index (χ0v) is 10.3. The SMILES string of the molecule is CCC(C)C(C(=O)O)C(=O)C(C)(C)CC. The fourth-order valence-corrected chi connectivity index (χ4v) is 1.44. The number of rotatable bonds is 6. The largest absolute Gasteiger partial charge is 0.481 e. The molecule has 0 spiro atoms. The van der Waals surface area contributed by atoms with Gasteiger partial charge in [-0.3, -0.25) is 9.59 Å². The van der Waals surface area contributed by atoms with E-state index in [9.17, 15) is 9.59 Å². The number of Topliss-reactive ketones (excluding diaryl/α,β-unsaturated/α-hetero) is 1. The van der Waals surface area contributed by atoms with Gasteiger partial charge in [-0.05, 0) is 12.3 Å². The van der Waals surface area contributed by atoms with Gasteiger partial charge in [0, 0.05) is 5.41 Å². The van der Waals surface area contributed by atoms with E-state index >= 15 is 0 Å². The first-order chi connectivity index (χ1) is 6.77. The lowest BCUT2D eigenvalue weighted by Crippen LogP contribution is -2.38. The van der Waals surface area contributed by atoms with Gasteiger partial charge >= 0.3 is 5.97 Å². The molecule has 2 atom stereocenters. The predicted molar refractivity (Wildman–Crippen MR) is 59.7 cm³/mol.